The Bertz CT molecular complexity index is 491. The van der Waals surface area contributed by atoms with Crippen molar-refractivity contribution in [3.8, 4) is 5.75 Å². The van der Waals surface area contributed by atoms with E-state index in [0.29, 0.717) is 19.1 Å². The average molecular weight is 305 g/mol. The first kappa shape index (κ1) is 16.6. The van der Waals surface area contributed by atoms with E-state index in [1.165, 1.54) is 0 Å². The maximum Gasteiger partial charge on any atom is 0.193 e. The van der Waals surface area contributed by atoms with E-state index >= 15 is 0 Å². The summed E-state index contributed by atoms with van der Waals surface area (Å²) in [4.78, 5) is 6.70. The molecule has 1 atom stereocenters. The molecule has 1 aromatic carbocycles. The summed E-state index contributed by atoms with van der Waals surface area (Å²) >= 11 is 0. The molecule has 0 spiro atoms. The number of rotatable bonds is 6. The molecule has 1 heterocycles. The molecule has 1 N–H and O–H groups in total. The largest absolute Gasteiger partial charge is 0.494 e. The van der Waals surface area contributed by atoms with Gasteiger partial charge in [-0.1, -0.05) is 18.2 Å². The van der Waals surface area contributed by atoms with Crippen LogP contribution in [-0.4, -0.2) is 51.3 Å². The van der Waals surface area contributed by atoms with Crippen LogP contribution in [0, 0.1) is 5.92 Å². The van der Waals surface area contributed by atoms with Gasteiger partial charge in [0.2, 0.25) is 0 Å². The maximum atomic E-state index is 5.67. The van der Waals surface area contributed by atoms with Gasteiger partial charge >= 0.3 is 0 Å². The van der Waals surface area contributed by atoms with Gasteiger partial charge in [-0.05, 0) is 19.4 Å². The van der Waals surface area contributed by atoms with Crippen LogP contribution in [0.2, 0.25) is 0 Å². The summed E-state index contributed by atoms with van der Waals surface area (Å²) in [7, 11) is 3.60. The fourth-order valence-corrected chi connectivity index (χ4v) is 2.85. The van der Waals surface area contributed by atoms with Gasteiger partial charge in [0.25, 0.3) is 0 Å². The van der Waals surface area contributed by atoms with Gasteiger partial charge in [-0.25, -0.2) is 0 Å². The number of nitrogens with zero attached hydrogens (tertiary/aromatic N) is 2. The Labute approximate surface area is 133 Å². The third-order valence-electron chi connectivity index (χ3n) is 3.91. The molecule has 1 unspecified atom stereocenters. The quantitative estimate of drug-likeness (QED) is 0.646. The first-order valence-corrected chi connectivity index (χ1v) is 7.93. The number of hydrogen-bond acceptors (Lipinski definition) is 3. The summed E-state index contributed by atoms with van der Waals surface area (Å²) in [6.07, 6.45) is 1.16. The standard InChI is InChI=1S/C17H27N3O2/c1-4-22-16-8-6-5-7-15(16)11-19-17(18-2)20-10-9-14(12-20)13-21-3/h5-8,14H,4,9-13H2,1-3H3,(H,18,19). The monoisotopic (exact) mass is 305 g/mol. The molecular weight excluding hydrogens is 278 g/mol. The highest BCUT2D eigenvalue weighted by molar-refractivity contribution is 5.80. The Morgan fingerprint density at radius 2 is 2.23 bits per heavy atom. The Hall–Kier alpha value is -1.75. The summed E-state index contributed by atoms with van der Waals surface area (Å²) in [6.45, 7) is 6.25. The fourth-order valence-electron chi connectivity index (χ4n) is 2.85. The van der Waals surface area contributed by atoms with E-state index in [4.69, 9.17) is 9.47 Å². The molecule has 0 aromatic heterocycles. The van der Waals surface area contributed by atoms with Crippen LogP contribution in [0.15, 0.2) is 29.3 Å². The summed E-state index contributed by atoms with van der Waals surface area (Å²) in [5.74, 6) is 2.48. The van der Waals surface area contributed by atoms with Gasteiger partial charge in [-0.2, -0.15) is 0 Å². The number of para-hydroxylation sites is 1. The van der Waals surface area contributed by atoms with Crippen molar-refractivity contribution in [1.29, 1.82) is 0 Å². The molecule has 0 aliphatic carbocycles. The van der Waals surface area contributed by atoms with Gasteiger partial charge in [-0.15, -0.1) is 0 Å². The van der Waals surface area contributed by atoms with Gasteiger partial charge in [0, 0.05) is 45.3 Å². The van der Waals surface area contributed by atoms with E-state index in [1.807, 2.05) is 32.2 Å². The Morgan fingerprint density at radius 1 is 1.41 bits per heavy atom. The number of hydrogen-bond donors (Lipinski definition) is 1. The van der Waals surface area contributed by atoms with E-state index in [2.05, 4.69) is 21.3 Å². The van der Waals surface area contributed by atoms with Crippen LogP contribution in [0.5, 0.6) is 5.75 Å². The molecule has 0 radical (unpaired) electrons. The van der Waals surface area contributed by atoms with Crippen LogP contribution in [-0.2, 0) is 11.3 Å². The molecule has 1 aliphatic heterocycles. The molecule has 122 valence electrons. The van der Waals surface area contributed by atoms with Crippen molar-refractivity contribution < 1.29 is 9.47 Å². The van der Waals surface area contributed by atoms with E-state index in [-0.39, 0.29) is 0 Å². The van der Waals surface area contributed by atoms with Crippen LogP contribution >= 0.6 is 0 Å². The molecule has 5 nitrogen and oxygen atoms in total. The van der Waals surface area contributed by atoms with Crippen LogP contribution < -0.4 is 10.1 Å². The summed E-state index contributed by atoms with van der Waals surface area (Å²) in [5, 5.41) is 3.44. The second-order valence-electron chi connectivity index (χ2n) is 5.50. The zero-order valence-electron chi connectivity index (χ0n) is 13.8. The van der Waals surface area contributed by atoms with E-state index < -0.39 is 0 Å². The highest BCUT2D eigenvalue weighted by Gasteiger charge is 2.24. The molecule has 22 heavy (non-hydrogen) atoms. The molecule has 1 aliphatic rings. The minimum atomic E-state index is 0.597. The number of benzene rings is 1. The summed E-state index contributed by atoms with van der Waals surface area (Å²) < 4.78 is 10.9. The normalized spacial score (nSPS) is 18.6. The lowest BCUT2D eigenvalue weighted by Gasteiger charge is -2.22. The minimum absolute atomic E-state index is 0.597. The first-order chi connectivity index (χ1) is 10.8. The van der Waals surface area contributed by atoms with Gasteiger partial charge in [0.05, 0.1) is 13.2 Å². The van der Waals surface area contributed by atoms with Gasteiger partial charge in [0.15, 0.2) is 5.96 Å². The fraction of sp³-hybridized carbons (Fsp3) is 0.588. The molecule has 2 rings (SSSR count). The van der Waals surface area contributed by atoms with Crippen molar-refractivity contribution >= 4 is 5.96 Å². The number of likely N-dealkylation sites (tertiary alicyclic amines) is 1. The third-order valence-corrected chi connectivity index (χ3v) is 3.91. The third kappa shape index (κ3) is 4.37. The predicted molar refractivity (Wildman–Crippen MR) is 89.4 cm³/mol. The van der Waals surface area contributed by atoms with Gasteiger partial charge < -0.3 is 19.7 Å². The number of methoxy groups -OCH3 is 1. The highest BCUT2D eigenvalue weighted by Crippen LogP contribution is 2.19. The lowest BCUT2D eigenvalue weighted by atomic mass is 10.1. The number of aliphatic imine (C=N–C) groups is 1. The van der Waals surface area contributed by atoms with Crippen molar-refractivity contribution in [2.24, 2.45) is 10.9 Å². The molecular formula is C17H27N3O2. The van der Waals surface area contributed by atoms with Crippen molar-refractivity contribution in [3.63, 3.8) is 0 Å². The van der Waals surface area contributed by atoms with Gasteiger partial charge in [-0.3, -0.25) is 4.99 Å². The van der Waals surface area contributed by atoms with Crippen molar-refractivity contribution in [2.75, 3.05) is 40.5 Å². The van der Waals surface area contributed by atoms with Crippen molar-refractivity contribution in [3.05, 3.63) is 29.8 Å². The van der Waals surface area contributed by atoms with E-state index in [1.54, 1.807) is 7.11 Å². The molecule has 0 amide bonds. The number of guanidine groups is 1. The molecule has 5 heteroatoms. The van der Waals surface area contributed by atoms with Crippen LogP contribution in [0.4, 0.5) is 0 Å². The second-order valence-corrected chi connectivity index (χ2v) is 5.50. The molecule has 0 saturated carbocycles. The number of nitrogens with one attached hydrogen (secondary N) is 1. The first-order valence-electron chi connectivity index (χ1n) is 7.93. The van der Waals surface area contributed by atoms with Crippen molar-refractivity contribution in [2.45, 2.75) is 19.9 Å². The molecule has 0 bridgehead atoms. The summed E-state index contributed by atoms with van der Waals surface area (Å²) in [5.41, 5.74) is 1.15. The highest BCUT2D eigenvalue weighted by atomic mass is 16.5. The second kappa shape index (κ2) is 8.63. The molecule has 1 fully saturated rings. The van der Waals surface area contributed by atoms with E-state index in [0.717, 1.165) is 43.4 Å². The predicted octanol–water partition coefficient (Wildman–Crippen LogP) is 2.13. The van der Waals surface area contributed by atoms with E-state index in [9.17, 15) is 0 Å². The van der Waals surface area contributed by atoms with Crippen molar-refractivity contribution in [1.82, 2.24) is 10.2 Å². The smallest absolute Gasteiger partial charge is 0.193 e. The maximum absolute atomic E-state index is 5.67. The zero-order chi connectivity index (χ0) is 15.8. The molecule has 1 aromatic rings. The molecule has 1 saturated heterocycles. The topological polar surface area (TPSA) is 46.1 Å². The minimum Gasteiger partial charge on any atom is -0.494 e. The van der Waals surface area contributed by atoms with Crippen LogP contribution in [0.3, 0.4) is 0 Å². The van der Waals surface area contributed by atoms with Crippen LogP contribution in [0.25, 0.3) is 0 Å². The summed E-state index contributed by atoms with van der Waals surface area (Å²) in [6, 6.07) is 8.13. The Balaban J connectivity index is 1.92. The lowest BCUT2D eigenvalue weighted by molar-refractivity contribution is 0.157. The Kier molecular flexibility index (Phi) is 6.52. The zero-order valence-corrected chi connectivity index (χ0v) is 13.8. The van der Waals surface area contributed by atoms with Gasteiger partial charge in [0.1, 0.15) is 5.75 Å². The average Bonchev–Trinajstić information content (AvgIpc) is 2.99. The SMILES string of the molecule is CCOc1ccccc1CNC(=NC)N1CCC(COC)C1. The van der Waals surface area contributed by atoms with Crippen LogP contribution in [0.1, 0.15) is 18.9 Å². The Morgan fingerprint density at radius 3 is 2.95 bits per heavy atom. The number of ether oxygens (including phenoxy) is 2. The lowest BCUT2D eigenvalue weighted by Crippen LogP contribution is -2.39.